The highest BCUT2D eigenvalue weighted by molar-refractivity contribution is 5.92. The Bertz CT molecular complexity index is 594. The van der Waals surface area contributed by atoms with Crippen molar-refractivity contribution in [1.82, 2.24) is 16.0 Å². The van der Waals surface area contributed by atoms with Gasteiger partial charge in [-0.25, -0.2) is 4.79 Å². The van der Waals surface area contributed by atoms with E-state index in [0.717, 1.165) is 0 Å². The molecule has 0 bridgehead atoms. The molecule has 0 aromatic carbocycles. The zero-order valence-electron chi connectivity index (χ0n) is 14.4. The quantitative estimate of drug-likeness (QED) is 0.164. The molecule has 2 atom stereocenters. The molecule has 13 nitrogen and oxygen atoms in total. The van der Waals surface area contributed by atoms with E-state index in [1.54, 1.807) is 0 Å². The topological polar surface area (TPSA) is 231 Å². The van der Waals surface area contributed by atoms with Crippen molar-refractivity contribution in [1.29, 1.82) is 0 Å². The molecule has 0 fully saturated rings. The van der Waals surface area contributed by atoms with Crippen LogP contribution in [-0.4, -0.2) is 71.0 Å². The molecule has 0 aliphatic heterocycles. The van der Waals surface area contributed by atoms with E-state index in [-0.39, 0.29) is 25.8 Å². The molecule has 152 valence electrons. The van der Waals surface area contributed by atoms with Crippen molar-refractivity contribution in [2.75, 3.05) is 13.1 Å². The maximum atomic E-state index is 12.2. The highest BCUT2D eigenvalue weighted by Gasteiger charge is 2.27. The lowest BCUT2D eigenvalue weighted by molar-refractivity contribution is -0.143. The monoisotopic (exact) mass is 389 g/mol. The third kappa shape index (κ3) is 11.1. The van der Waals surface area contributed by atoms with Crippen LogP contribution in [0.2, 0.25) is 0 Å². The Morgan fingerprint density at radius 3 is 1.93 bits per heavy atom. The van der Waals surface area contributed by atoms with Gasteiger partial charge in [0.15, 0.2) is 0 Å². The summed E-state index contributed by atoms with van der Waals surface area (Å²) in [6, 6.07) is -2.81. The molecule has 0 rings (SSSR count). The fraction of sp³-hybridized carbons (Fsp3) is 0.571. The first-order valence-corrected chi connectivity index (χ1v) is 7.86. The summed E-state index contributed by atoms with van der Waals surface area (Å²) in [6.07, 6.45) is -1.37. The predicted octanol–water partition coefficient (Wildman–Crippen LogP) is -3.75. The van der Waals surface area contributed by atoms with Crippen LogP contribution in [0.1, 0.15) is 25.7 Å². The van der Waals surface area contributed by atoms with E-state index < -0.39 is 60.6 Å². The van der Waals surface area contributed by atoms with Gasteiger partial charge in [0.05, 0.1) is 13.1 Å². The van der Waals surface area contributed by atoms with E-state index in [2.05, 4.69) is 16.0 Å². The zero-order chi connectivity index (χ0) is 21.0. The van der Waals surface area contributed by atoms with Gasteiger partial charge in [0.1, 0.15) is 12.1 Å². The number of aliphatic carboxylic acids is 2. The van der Waals surface area contributed by atoms with Crippen LogP contribution < -0.4 is 27.4 Å². The first-order chi connectivity index (χ1) is 12.6. The van der Waals surface area contributed by atoms with Crippen LogP contribution in [0.25, 0.3) is 0 Å². The molecule has 9 N–H and O–H groups in total. The van der Waals surface area contributed by atoms with Crippen molar-refractivity contribution in [3.63, 3.8) is 0 Å². The maximum absolute atomic E-state index is 12.2. The number of carboxylic acid groups (broad SMARTS) is 2. The van der Waals surface area contributed by atoms with Crippen LogP contribution in [0.3, 0.4) is 0 Å². The summed E-state index contributed by atoms with van der Waals surface area (Å²) in [6.45, 7) is -0.833. The molecular weight excluding hydrogens is 366 g/mol. The molecule has 13 heteroatoms. The molecule has 0 spiro atoms. The van der Waals surface area contributed by atoms with E-state index in [0.29, 0.717) is 0 Å². The molecule has 2 unspecified atom stereocenters. The zero-order valence-corrected chi connectivity index (χ0v) is 14.4. The van der Waals surface area contributed by atoms with E-state index in [4.69, 9.17) is 21.7 Å². The lowest BCUT2D eigenvalue weighted by Crippen LogP contribution is -2.53. The smallest absolute Gasteiger partial charge is 0.326 e. The average molecular weight is 389 g/mol. The summed E-state index contributed by atoms with van der Waals surface area (Å²) in [7, 11) is 0. The number of amides is 4. The standard InChI is InChI=1S/C14H23N5O8/c15-5-10(21)17-6-11(22)18-7(1-3-9(16)20)13(25)19-8(14(26)27)2-4-12(23)24/h7-8H,1-6,15H2,(H2,16,20)(H,17,21)(H,18,22)(H,19,25)(H,23,24)(H,26,27). The number of nitrogens with one attached hydrogen (secondary N) is 3. The molecular formula is C14H23N5O8. The summed E-state index contributed by atoms with van der Waals surface area (Å²) in [5.74, 6) is -5.78. The number of hydrogen-bond donors (Lipinski definition) is 7. The fourth-order valence-electron chi connectivity index (χ4n) is 1.85. The second-order valence-corrected chi connectivity index (χ2v) is 5.44. The summed E-state index contributed by atoms with van der Waals surface area (Å²) in [5.41, 5.74) is 10.1. The maximum Gasteiger partial charge on any atom is 0.326 e. The summed E-state index contributed by atoms with van der Waals surface area (Å²) >= 11 is 0. The number of nitrogens with two attached hydrogens (primary N) is 2. The van der Waals surface area contributed by atoms with Crippen LogP contribution in [0.15, 0.2) is 0 Å². The highest BCUT2D eigenvalue weighted by atomic mass is 16.4. The Morgan fingerprint density at radius 1 is 0.852 bits per heavy atom. The van der Waals surface area contributed by atoms with Gasteiger partial charge in [-0.3, -0.25) is 24.0 Å². The number of carbonyl (C=O) groups excluding carboxylic acids is 4. The Morgan fingerprint density at radius 2 is 1.44 bits per heavy atom. The van der Waals surface area contributed by atoms with Crippen LogP contribution in [0.5, 0.6) is 0 Å². The average Bonchev–Trinajstić information content (AvgIpc) is 2.58. The van der Waals surface area contributed by atoms with Gasteiger partial charge in [-0.2, -0.15) is 0 Å². The minimum atomic E-state index is -1.50. The van der Waals surface area contributed by atoms with Crippen LogP contribution in [0, 0.1) is 0 Å². The van der Waals surface area contributed by atoms with Gasteiger partial charge in [0.25, 0.3) is 0 Å². The molecule has 0 heterocycles. The molecule has 0 saturated carbocycles. The van der Waals surface area contributed by atoms with Gasteiger partial charge in [0, 0.05) is 12.8 Å². The van der Waals surface area contributed by atoms with Crippen molar-refractivity contribution < 1.29 is 39.0 Å². The van der Waals surface area contributed by atoms with E-state index in [1.807, 2.05) is 0 Å². The van der Waals surface area contributed by atoms with Crippen LogP contribution in [-0.2, 0) is 28.8 Å². The van der Waals surface area contributed by atoms with Gasteiger partial charge in [-0.15, -0.1) is 0 Å². The Kier molecular flexibility index (Phi) is 10.7. The van der Waals surface area contributed by atoms with Crippen molar-refractivity contribution >= 4 is 35.6 Å². The molecule has 0 saturated heterocycles. The molecule has 27 heavy (non-hydrogen) atoms. The molecule has 0 aliphatic carbocycles. The number of carbonyl (C=O) groups is 6. The van der Waals surface area contributed by atoms with Gasteiger partial charge in [-0.05, 0) is 12.8 Å². The number of rotatable bonds is 13. The van der Waals surface area contributed by atoms with E-state index >= 15 is 0 Å². The minimum absolute atomic E-state index is 0.219. The van der Waals surface area contributed by atoms with Crippen LogP contribution in [0.4, 0.5) is 0 Å². The Hall–Kier alpha value is -3.22. The third-order valence-electron chi connectivity index (χ3n) is 3.22. The normalized spacial score (nSPS) is 12.3. The SMILES string of the molecule is NCC(=O)NCC(=O)NC(CCC(N)=O)C(=O)NC(CCC(=O)O)C(=O)O. The van der Waals surface area contributed by atoms with Gasteiger partial charge in [0.2, 0.25) is 23.6 Å². The molecule has 0 aromatic heterocycles. The van der Waals surface area contributed by atoms with Gasteiger partial charge >= 0.3 is 11.9 Å². The van der Waals surface area contributed by atoms with Crippen molar-refractivity contribution in [3.8, 4) is 0 Å². The molecule has 0 aromatic rings. The molecule has 0 aliphatic rings. The number of hydrogen-bond acceptors (Lipinski definition) is 7. The van der Waals surface area contributed by atoms with Crippen molar-refractivity contribution in [3.05, 3.63) is 0 Å². The second kappa shape index (κ2) is 12.2. The molecule has 4 amide bonds. The minimum Gasteiger partial charge on any atom is -0.481 e. The first kappa shape index (κ1) is 23.8. The first-order valence-electron chi connectivity index (χ1n) is 7.86. The van der Waals surface area contributed by atoms with Gasteiger partial charge < -0.3 is 37.6 Å². The van der Waals surface area contributed by atoms with E-state index in [1.165, 1.54) is 0 Å². The Labute approximate surface area is 153 Å². The largest absolute Gasteiger partial charge is 0.481 e. The Balaban J connectivity index is 4.96. The van der Waals surface area contributed by atoms with E-state index in [9.17, 15) is 28.8 Å². The fourth-order valence-corrected chi connectivity index (χ4v) is 1.85. The predicted molar refractivity (Wildman–Crippen MR) is 88.9 cm³/mol. The highest BCUT2D eigenvalue weighted by Crippen LogP contribution is 2.02. The van der Waals surface area contributed by atoms with Gasteiger partial charge in [-0.1, -0.05) is 0 Å². The lowest BCUT2D eigenvalue weighted by atomic mass is 10.1. The lowest BCUT2D eigenvalue weighted by Gasteiger charge is -2.21. The third-order valence-corrected chi connectivity index (χ3v) is 3.22. The summed E-state index contributed by atoms with van der Waals surface area (Å²) < 4.78 is 0. The number of primary amides is 1. The number of carboxylic acids is 2. The summed E-state index contributed by atoms with van der Waals surface area (Å²) in [5, 5.41) is 24.2. The second-order valence-electron chi connectivity index (χ2n) is 5.44. The van der Waals surface area contributed by atoms with Crippen LogP contribution >= 0.6 is 0 Å². The molecule has 0 radical (unpaired) electrons. The summed E-state index contributed by atoms with van der Waals surface area (Å²) in [4.78, 5) is 67.7. The van der Waals surface area contributed by atoms with Crippen molar-refractivity contribution in [2.24, 2.45) is 11.5 Å². The van der Waals surface area contributed by atoms with Crippen molar-refractivity contribution in [2.45, 2.75) is 37.8 Å².